The van der Waals surface area contributed by atoms with Crippen LogP contribution in [0.15, 0.2) is 18.3 Å². The summed E-state index contributed by atoms with van der Waals surface area (Å²) in [6.07, 6.45) is 1.72. The highest BCUT2D eigenvalue weighted by atomic mass is 19.1. The Labute approximate surface area is 182 Å². The Balaban J connectivity index is 1.52. The van der Waals surface area contributed by atoms with E-state index in [1.807, 2.05) is 14.1 Å². The second kappa shape index (κ2) is 7.08. The second-order valence-electron chi connectivity index (χ2n) is 8.16. The third-order valence-electron chi connectivity index (χ3n) is 5.89. The molecule has 2 aromatic rings. The lowest BCUT2D eigenvalue weighted by molar-refractivity contribution is -0.136. The van der Waals surface area contributed by atoms with Gasteiger partial charge in [-0.05, 0) is 18.6 Å². The summed E-state index contributed by atoms with van der Waals surface area (Å²) in [5, 5.41) is 2.15. The van der Waals surface area contributed by atoms with Crippen LogP contribution in [0.3, 0.4) is 0 Å². The summed E-state index contributed by atoms with van der Waals surface area (Å²) in [6.45, 7) is 0.516. The zero-order valence-corrected chi connectivity index (χ0v) is 17.4. The number of benzene rings is 1. The van der Waals surface area contributed by atoms with Gasteiger partial charge in [-0.25, -0.2) is 14.4 Å². The second-order valence-corrected chi connectivity index (χ2v) is 8.16. The molecule has 1 N–H and O–H groups in total. The molecule has 5 rings (SSSR count). The van der Waals surface area contributed by atoms with Gasteiger partial charge in [0.1, 0.15) is 11.9 Å². The van der Waals surface area contributed by atoms with Gasteiger partial charge in [0, 0.05) is 38.8 Å². The van der Waals surface area contributed by atoms with Crippen LogP contribution >= 0.6 is 0 Å². The molecule has 1 saturated heterocycles. The monoisotopic (exact) mass is 438 g/mol. The molecule has 32 heavy (non-hydrogen) atoms. The van der Waals surface area contributed by atoms with Gasteiger partial charge in [-0.2, -0.15) is 0 Å². The van der Waals surface area contributed by atoms with Crippen LogP contribution < -0.4 is 15.1 Å². The molecule has 11 heteroatoms. The maximum absolute atomic E-state index is 15.0. The van der Waals surface area contributed by atoms with Crippen LogP contribution in [0.2, 0.25) is 0 Å². The number of carbonyl (C=O) groups is 4. The molecule has 1 atom stereocenters. The van der Waals surface area contributed by atoms with Crippen LogP contribution in [0.4, 0.5) is 16.0 Å². The summed E-state index contributed by atoms with van der Waals surface area (Å²) < 4.78 is 15.0. The minimum absolute atomic E-state index is 0.0000436. The van der Waals surface area contributed by atoms with Crippen molar-refractivity contribution in [1.29, 1.82) is 0 Å². The number of nitrogens with zero attached hydrogens (tertiary/aromatic N) is 5. The van der Waals surface area contributed by atoms with Gasteiger partial charge in [0.15, 0.2) is 0 Å². The lowest BCUT2D eigenvalue weighted by atomic mass is 10.0. The Morgan fingerprint density at radius 1 is 1.12 bits per heavy atom. The fraction of sp³-hybridized carbons (Fsp3) is 0.333. The predicted octanol–water partition coefficient (Wildman–Crippen LogP) is 0.603. The van der Waals surface area contributed by atoms with E-state index in [2.05, 4.69) is 15.3 Å². The summed E-state index contributed by atoms with van der Waals surface area (Å²) in [5.74, 6) is -2.72. The average molecular weight is 438 g/mol. The Hall–Kier alpha value is -3.89. The molecule has 3 aliphatic rings. The molecule has 1 aromatic heterocycles. The molecule has 4 amide bonds. The first kappa shape index (κ1) is 20.0. The van der Waals surface area contributed by atoms with Gasteiger partial charge in [-0.1, -0.05) is 0 Å². The molecule has 1 unspecified atom stereocenters. The third kappa shape index (κ3) is 2.92. The Kier molecular flexibility index (Phi) is 4.43. The zero-order chi connectivity index (χ0) is 22.7. The minimum atomic E-state index is -1.11. The number of imide groups is 2. The molecule has 164 valence electrons. The van der Waals surface area contributed by atoms with Crippen molar-refractivity contribution in [2.75, 3.05) is 23.9 Å². The molecule has 0 saturated carbocycles. The van der Waals surface area contributed by atoms with E-state index in [4.69, 9.17) is 0 Å². The number of carbonyl (C=O) groups excluding carboxylic acids is 4. The number of nitrogens with one attached hydrogen (secondary N) is 1. The zero-order valence-electron chi connectivity index (χ0n) is 17.4. The average Bonchev–Trinajstić information content (AvgIpc) is 3.27. The molecule has 4 heterocycles. The number of anilines is 2. The van der Waals surface area contributed by atoms with E-state index in [1.165, 1.54) is 6.07 Å². The number of rotatable bonds is 3. The van der Waals surface area contributed by atoms with Crippen LogP contribution in [0.25, 0.3) is 0 Å². The number of hydrogen-bond donors (Lipinski definition) is 1. The van der Waals surface area contributed by atoms with Gasteiger partial charge >= 0.3 is 0 Å². The summed E-state index contributed by atoms with van der Waals surface area (Å²) in [6, 6.07) is 1.29. The largest absolute Gasteiger partial charge is 0.358 e. The first-order valence-electron chi connectivity index (χ1n) is 10.1. The summed E-state index contributed by atoms with van der Waals surface area (Å²) in [4.78, 5) is 63.1. The molecular formula is C21H19FN6O4. The lowest BCUT2D eigenvalue weighted by Gasteiger charge is -2.28. The van der Waals surface area contributed by atoms with Crippen molar-refractivity contribution < 1.29 is 23.6 Å². The van der Waals surface area contributed by atoms with Crippen molar-refractivity contribution in [3.8, 4) is 0 Å². The van der Waals surface area contributed by atoms with E-state index in [9.17, 15) is 19.2 Å². The van der Waals surface area contributed by atoms with Gasteiger partial charge in [0.25, 0.3) is 11.8 Å². The number of piperidine rings is 1. The van der Waals surface area contributed by atoms with Crippen LogP contribution in [0.5, 0.6) is 0 Å². The molecule has 3 aliphatic heterocycles. The van der Waals surface area contributed by atoms with Gasteiger partial charge in [0.05, 0.1) is 29.1 Å². The Bertz CT molecular complexity index is 1210. The van der Waals surface area contributed by atoms with E-state index in [0.717, 1.165) is 16.5 Å². The van der Waals surface area contributed by atoms with E-state index < -0.39 is 35.5 Å². The highest BCUT2D eigenvalue weighted by molar-refractivity contribution is 6.25. The SMILES string of the molecule is CN(C)c1ncc2c(n1)CN(c1c(F)ccc3c1C(=O)N(C1CCC(=O)NC1=O)C3=O)C2. The van der Waals surface area contributed by atoms with Crippen LogP contribution in [-0.4, -0.2) is 58.6 Å². The maximum Gasteiger partial charge on any atom is 0.264 e. The molecule has 0 radical (unpaired) electrons. The fourth-order valence-electron chi connectivity index (χ4n) is 4.34. The molecule has 1 fully saturated rings. The third-order valence-corrected chi connectivity index (χ3v) is 5.89. The molecule has 0 aliphatic carbocycles. The number of hydrogen-bond acceptors (Lipinski definition) is 8. The van der Waals surface area contributed by atoms with Crippen molar-refractivity contribution in [3.63, 3.8) is 0 Å². The normalized spacial score (nSPS) is 19.9. The van der Waals surface area contributed by atoms with Gasteiger partial charge in [-0.3, -0.25) is 29.4 Å². The summed E-state index contributed by atoms with van der Waals surface area (Å²) >= 11 is 0. The molecule has 0 spiro atoms. The first-order valence-corrected chi connectivity index (χ1v) is 10.1. The van der Waals surface area contributed by atoms with Crippen molar-refractivity contribution in [3.05, 3.63) is 46.5 Å². The van der Waals surface area contributed by atoms with Crippen LogP contribution in [-0.2, 0) is 22.7 Å². The summed E-state index contributed by atoms with van der Waals surface area (Å²) in [5.41, 5.74) is 1.46. The highest BCUT2D eigenvalue weighted by Crippen LogP contribution is 2.39. The molecule has 0 bridgehead atoms. The van der Waals surface area contributed by atoms with E-state index in [1.54, 1.807) is 16.0 Å². The van der Waals surface area contributed by atoms with Crippen molar-refractivity contribution in [1.82, 2.24) is 20.2 Å². The lowest BCUT2D eigenvalue weighted by Crippen LogP contribution is -2.54. The number of aromatic nitrogens is 2. The van der Waals surface area contributed by atoms with Gasteiger partial charge in [-0.15, -0.1) is 0 Å². The molecular weight excluding hydrogens is 419 g/mol. The minimum Gasteiger partial charge on any atom is -0.358 e. The Morgan fingerprint density at radius 2 is 1.91 bits per heavy atom. The predicted molar refractivity (Wildman–Crippen MR) is 109 cm³/mol. The number of halogens is 1. The maximum atomic E-state index is 15.0. The topological polar surface area (TPSA) is 116 Å². The first-order chi connectivity index (χ1) is 15.3. The molecule has 1 aromatic carbocycles. The van der Waals surface area contributed by atoms with Crippen molar-refractivity contribution >= 4 is 35.3 Å². The quantitative estimate of drug-likeness (QED) is 0.693. The van der Waals surface area contributed by atoms with E-state index >= 15 is 4.39 Å². The van der Waals surface area contributed by atoms with Crippen molar-refractivity contribution in [2.24, 2.45) is 0 Å². The fourth-order valence-corrected chi connectivity index (χ4v) is 4.34. The van der Waals surface area contributed by atoms with Crippen LogP contribution in [0.1, 0.15) is 44.8 Å². The number of fused-ring (bicyclic) bond motifs is 2. The number of amides is 4. The molecule has 10 nitrogen and oxygen atoms in total. The Morgan fingerprint density at radius 3 is 2.62 bits per heavy atom. The van der Waals surface area contributed by atoms with E-state index in [0.29, 0.717) is 11.6 Å². The van der Waals surface area contributed by atoms with E-state index in [-0.39, 0.29) is 42.7 Å². The van der Waals surface area contributed by atoms with Crippen LogP contribution in [0, 0.1) is 5.82 Å². The van der Waals surface area contributed by atoms with Crippen molar-refractivity contribution in [2.45, 2.75) is 32.0 Å². The smallest absolute Gasteiger partial charge is 0.264 e. The summed E-state index contributed by atoms with van der Waals surface area (Å²) in [7, 11) is 3.62. The van der Waals surface area contributed by atoms with Gasteiger partial charge < -0.3 is 9.80 Å². The van der Waals surface area contributed by atoms with Gasteiger partial charge in [0.2, 0.25) is 17.8 Å². The standard InChI is InChI=1S/C21H19FN6O4/c1-26(2)21-23-7-10-8-27(9-13(10)24-21)17-12(22)4-3-11-16(17)20(32)28(19(11)31)14-5-6-15(29)25-18(14)30/h3-4,7,14H,5-6,8-9H2,1-2H3,(H,25,29,30). The highest BCUT2D eigenvalue weighted by Gasteiger charge is 2.47.